The van der Waals surface area contributed by atoms with Crippen molar-refractivity contribution in [3.05, 3.63) is 52.0 Å². The van der Waals surface area contributed by atoms with Crippen molar-refractivity contribution in [3.8, 4) is 5.75 Å². The molecule has 2 aliphatic rings. The Kier molecular flexibility index (Phi) is 6.24. The van der Waals surface area contributed by atoms with Gasteiger partial charge in [0.25, 0.3) is 5.91 Å². The standard InChI is InChI=1S/C25H31F3N2O3/c1-13-10-21(23(33-13)25(26,27)28)24(31)29-17-11-18-6-7-19(12-17)30(18)16(4)20-8-9-22(32-5)15(3)14(20)2/h8-10,16-19H,6-7,11-12H2,1-5H3,(H,29,31). The van der Waals surface area contributed by atoms with Gasteiger partial charge in [0.15, 0.2) is 0 Å². The minimum absolute atomic E-state index is 0.0707. The highest BCUT2D eigenvalue weighted by Crippen LogP contribution is 2.43. The zero-order valence-electron chi connectivity index (χ0n) is 19.7. The van der Waals surface area contributed by atoms with E-state index in [0.29, 0.717) is 0 Å². The molecule has 1 N–H and O–H groups in total. The SMILES string of the molecule is COc1ccc(C(C)N2C3CCC2CC(NC(=O)c2cc(C)oc2C(F)(F)F)C3)c(C)c1C. The van der Waals surface area contributed by atoms with Crippen LogP contribution in [-0.2, 0) is 6.18 Å². The summed E-state index contributed by atoms with van der Waals surface area (Å²) in [5, 5.41) is 2.85. The van der Waals surface area contributed by atoms with Crippen LogP contribution < -0.4 is 10.1 Å². The van der Waals surface area contributed by atoms with E-state index in [-0.39, 0.29) is 29.9 Å². The van der Waals surface area contributed by atoms with Crippen molar-refractivity contribution in [1.82, 2.24) is 10.2 Å². The number of rotatable bonds is 5. The molecule has 1 aromatic heterocycles. The summed E-state index contributed by atoms with van der Waals surface area (Å²) >= 11 is 0. The number of alkyl halides is 3. The van der Waals surface area contributed by atoms with E-state index in [0.717, 1.165) is 37.0 Å². The number of carbonyl (C=O) groups is 1. The minimum Gasteiger partial charge on any atom is -0.496 e. The number of hydrogen-bond acceptors (Lipinski definition) is 4. The first-order valence-corrected chi connectivity index (χ1v) is 11.4. The third kappa shape index (κ3) is 4.37. The molecular weight excluding hydrogens is 433 g/mol. The van der Waals surface area contributed by atoms with Crippen LogP contribution in [0.3, 0.4) is 0 Å². The van der Waals surface area contributed by atoms with E-state index in [4.69, 9.17) is 9.15 Å². The van der Waals surface area contributed by atoms with Crippen molar-refractivity contribution >= 4 is 5.91 Å². The minimum atomic E-state index is -4.70. The highest BCUT2D eigenvalue weighted by Gasteiger charge is 2.45. The van der Waals surface area contributed by atoms with Crippen LogP contribution in [-0.4, -0.2) is 36.0 Å². The number of piperidine rings is 1. The lowest BCUT2D eigenvalue weighted by Gasteiger charge is -2.43. The van der Waals surface area contributed by atoms with E-state index in [9.17, 15) is 18.0 Å². The number of amides is 1. The molecule has 0 spiro atoms. The molecule has 3 unspecified atom stereocenters. The molecule has 0 saturated carbocycles. The Labute approximate surface area is 192 Å². The summed E-state index contributed by atoms with van der Waals surface area (Å²) in [4.78, 5) is 15.2. The van der Waals surface area contributed by atoms with Gasteiger partial charge in [-0.25, -0.2) is 0 Å². The first-order chi connectivity index (χ1) is 15.5. The Morgan fingerprint density at radius 1 is 1.15 bits per heavy atom. The summed E-state index contributed by atoms with van der Waals surface area (Å²) in [6, 6.07) is 5.90. The van der Waals surface area contributed by atoms with Crippen LogP contribution in [0.5, 0.6) is 5.75 Å². The van der Waals surface area contributed by atoms with Crippen molar-refractivity contribution in [3.63, 3.8) is 0 Å². The van der Waals surface area contributed by atoms with E-state index in [1.54, 1.807) is 7.11 Å². The van der Waals surface area contributed by atoms with Crippen LogP contribution >= 0.6 is 0 Å². The molecule has 2 aliphatic heterocycles. The number of halogens is 3. The number of carbonyl (C=O) groups excluding carboxylic acids is 1. The summed E-state index contributed by atoms with van der Waals surface area (Å²) < 4.78 is 50.0. The molecule has 1 amide bonds. The molecule has 1 aromatic carbocycles. The highest BCUT2D eigenvalue weighted by molar-refractivity contribution is 5.95. The number of benzene rings is 1. The number of furan rings is 1. The Balaban J connectivity index is 1.48. The number of nitrogens with zero attached hydrogens (tertiary/aromatic N) is 1. The zero-order chi connectivity index (χ0) is 24.1. The molecule has 0 aliphatic carbocycles. The second kappa shape index (κ2) is 8.70. The number of fused-ring (bicyclic) bond motifs is 2. The lowest BCUT2D eigenvalue weighted by atomic mass is 9.91. The number of methoxy groups -OCH3 is 1. The number of nitrogens with one attached hydrogen (secondary N) is 1. The summed E-state index contributed by atoms with van der Waals surface area (Å²) in [5.74, 6) is -0.995. The van der Waals surface area contributed by atoms with E-state index in [1.165, 1.54) is 24.1 Å². The largest absolute Gasteiger partial charge is 0.496 e. The fraction of sp³-hybridized carbons (Fsp3) is 0.560. The lowest BCUT2D eigenvalue weighted by molar-refractivity contribution is -0.153. The van der Waals surface area contributed by atoms with Crippen molar-refractivity contribution in [2.75, 3.05) is 7.11 Å². The average Bonchev–Trinajstić information content (AvgIpc) is 3.27. The van der Waals surface area contributed by atoms with Crippen LogP contribution in [0.15, 0.2) is 22.6 Å². The van der Waals surface area contributed by atoms with E-state index >= 15 is 0 Å². The van der Waals surface area contributed by atoms with Gasteiger partial charge in [0.1, 0.15) is 11.5 Å². The van der Waals surface area contributed by atoms with Gasteiger partial charge in [-0.3, -0.25) is 9.69 Å². The van der Waals surface area contributed by atoms with E-state index in [1.807, 2.05) is 6.07 Å². The van der Waals surface area contributed by atoms with Crippen LogP contribution in [0.4, 0.5) is 13.2 Å². The van der Waals surface area contributed by atoms with Crippen molar-refractivity contribution in [2.45, 2.75) is 83.7 Å². The van der Waals surface area contributed by atoms with Gasteiger partial charge in [0.05, 0.1) is 12.7 Å². The van der Waals surface area contributed by atoms with Gasteiger partial charge >= 0.3 is 6.18 Å². The predicted octanol–water partition coefficient (Wildman–Crippen LogP) is 5.72. The van der Waals surface area contributed by atoms with Crippen molar-refractivity contribution in [1.29, 1.82) is 0 Å². The smallest absolute Gasteiger partial charge is 0.450 e. The fourth-order valence-corrected chi connectivity index (χ4v) is 5.77. The lowest BCUT2D eigenvalue weighted by Crippen LogP contribution is -2.51. The van der Waals surface area contributed by atoms with Gasteiger partial charge < -0.3 is 14.5 Å². The van der Waals surface area contributed by atoms with Crippen LogP contribution in [0.1, 0.15) is 77.2 Å². The first kappa shape index (κ1) is 23.7. The maximum Gasteiger partial charge on any atom is 0.450 e. The van der Waals surface area contributed by atoms with Crippen molar-refractivity contribution in [2.24, 2.45) is 0 Å². The average molecular weight is 465 g/mol. The molecule has 180 valence electrons. The van der Waals surface area contributed by atoms with Gasteiger partial charge in [-0.05, 0) is 82.2 Å². The van der Waals surface area contributed by atoms with Gasteiger partial charge in [-0.1, -0.05) is 6.07 Å². The molecule has 3 heterocycles. The second-order valence-electron chi connectivity index (χ2n) is 9.35. The van der Waals surface area contributed by atoms with Gasteiger partial charge in [0.2, 0.25) is 5.76 Å². The second-order valence-corrected chi connectivity index (χ2v) is 9.35. The number of ether oxygens (including phenoxy) is 1. The molecule has 2 aromatic rings. The molecule has 4 rings (SSSR count). The maximum atomic E-state index is 13.3. The van der Waals surface area contributed by atoms with Crippen molar-refractivity contribution < 1.29 is 27.1 Å². The molecule has 2 fully saturated rings. The van der Waals surface area contributed by atoms with Crippen LogP contribution in [0.25, 0.3) is 0 Å². The Bertz CT molecular complexity index is 1030. The zero-order valence-corrected chi connectivity index (χ0v) is 19.7. The summed E-state index contributed by atoms with van der Waals surface area (Å²) in [6.07, 6.45) is -1.21. The van der Waals surface area contributed by atoms with Crippen LogP contribution in [0, 0.1) is 20.8 Å². The Morgan fingerprint density at radius 2 is 1.79 bits per heavy atom. The summed E-state index contributed by atoms with van der Waals surface area (Å²) in [7, 11) is 1.67. The van der Waals surface area contributed by atoms with Gasteiger partial charge in [-0.2, -0.15) is 13.2 Å². The fourth-order valence-electron chi connectivity index (χ4n) is 5.77. The first-order valence-electron chi connectivity index (χ1n) is 11.4. The Hall–Kier alpha value is -2.48. The normalized spacial score (nSPS) is 24.1. The number of hydrogen-bond donors (Lipinski definition) is 1. The van der Waals surface area contributed by atoms with Gasteiger partial charge in [-0.15, -0.1) is 0 Å². The van der Waals surface area contributed by atoms with Gasteiger partial charge in [0, 0.05) is 24.2 Å². The highest BCUT2D eigenvalue weighted by atomic mass is 19.4. The molecular formula is C25H31F3N2O3. The molecule has 3 atom stereocenters. The number of aryl methyl sites for hydroxylation is 1. The monoisotopic (exact) mass is 464 g/mol. The Morgan fingerprint density at radius 3 is 2.36 bits per heavy atom. The third-order valence-corrected chi connectivity index (χ3v) is 7.38. The third-order valence-electron chi connectivity index (χ3n) is 7.38. The van der Waals surface area contributed by atoms with Crippen LogP contribution in [0.2, 0.25) is 0 Å². The van der Waals surface area contributed by atoms with E-state index in [2.05, 4.69) is 37.1 Å². The summed E-state index contributed by atoms with van der Waals surface area (Å²) in [6.45, 7) is 7.80. The molecule has 2 saturated heterocycles. The predicted molar refractivity (Wildman–Crippen MR) is 118 cm³/mol. The molecule has 0 radical (unpaired) electrons. The topological polar surface area (TPSA) is 54.7 Å². The quantitative estimate of drug-likeness (QED) is 0.615. The van der Waals surface area contributed by atoms with E-state index < -0.39 is 23.4 Å². The maximum absolute atomic E-state index is 13.3. The molecule has 5 nitrogen and oxygen atoms in total. The summed E-state index contributed by atoms with van der Waals surface area (Å²) in [5.41, 5.74) is 3.17. The molecule has 2 bridgehead atoms. The molecule has 33 heavy (non-hydrogen) atoms. The molecule has 8 heteroatoms.